The van der Waals surface area contributed by atoms with Crippen LogP contribution in [-0.2, 0) is 6.73 Å². The number of methoxy groups -OCH3 is 1. The summed E-state index contributed by atoms with van der Waals surface area (Å²) in [5, 5.41) is 17.7. The Labute approximate surface area is 160 Å². The molecule has 0 bridgehead atoms. The van der Waals surface area contributed by atoms with Crippen molar-refractivity contribution in [3.63, 3.8) is 0 Å². The van der Waals surface area contributed by atoms with Crippen LogP contribution >= 0.6 is 0 Å². The lowest BCUT2D eigenvalue weighted by atomic mass is 10.1. The predicted molar refractivity (Wildman–Crippen MR) is 102 cm³/mol. The molecular formula is C19H18N4O5. The number of anilines is 1. The molecule has 0 fully saturated rings. The number of nitrogens with zero attached hydrogens (tertiary/aromatic N) is 3. The average molecular weight is 382 g/mol. The number of carbonyl (C=O) groups is 1. The molecule has 0 atom stereocenters. The molecule has 2 aromatic carbocycles. The highest BCUT2D eigenvalue weighted by molar-refractivity contribution is 6.03. The summed E-state index contributed by atoms with van der Waals surface area (Å²) in [6, 6.07) is 12.9. The third-order valence-electron chi connectivity index (χ3n) is 3.97. The van der Waals surface area contributed by atoms with Crippen molar-refractivity contribution in [2.45, 2.75) is 13.7 Å². The average Bonchev–Trinajstić information content (AvgIpc) is 3.17. The minimum atomic E-state index is -0.483. The van der Waals surface area contributed by atoms with Gasteiger partial charge in [0, 0.05) is 24.0 Å². The van der Waals surface area contributed by atoms with E-state index in [0.717, 1.165) is 5.75 Å². The Morgan fingerprint density at radius 3 is 2.54 bits per heavy atom. The Morgan fingerprint density at radius 1 is 1.18 bits per heavy atom. The Morgan fingerprint density at radius 2 is 1.89 bits per heavy atom. The molecule has 144 valence electrons. The smallest absolute Gasteiger partial charge is 0.276 e. The largest absolute Gasteiger partial charge is 0.497 e. The van der Waals surface area contributed by atoms with E-state index in [4.69, 9.17) is 9.47 Å². The molecule has 0 unspecified atom stereocenters. The van der Waals surface area contributed by atoms with Crippen molar-refractivity contribution in [1.82, 2.24) is 9.78 Å². The topological polar surface area (TPSA) is 109 Å². The normalized spacial score (nSPS) is 10.4. The Hall–Kier alpha value is -3.88. The molecule has 0 aliphatic carbocycles. The summed E-state index contributed by atoms with van der Waals surface area (Å²) in [5.41, 5.74) is 1.25. The molecular weight excluding hydrogens is 364 g/mol. The van der Waals surface area contributed by atoms with Crippen LogP contribution in [0.5, 0.6) is 11.5 Å². The summed E-state index contributed by atoms with van der Waals surface area (Å²) in [5.74, 6) is 0.955. The lowest BCUT2D eigenvalue weighted by Gasteiger charge is -2.08. The zero-order chi connectivity index (χ0) is 20.1. The molecule has 0 aliphatic heterocycles. The van der Waals surface area contributed by atoms with Gasteiger partial charge in [-0.15, -0.1) is 0 Å². The number of hydrogen-bond donors (Lipinski definition) is 1. The number of nitrogens with one attached hydrogen (secondary N) is 1. The Bertz CT molecular complexity index is 998. The van der Waals surface area contributed by atoms with Gasteiger partial charge in [-0.25, -0.2) is 4.68 Å². The van der Waals surface area contributed by atoms with Gasteiger partial charge in [0.15, 0.2) is 12.4 Å². The van der Waals surface area contributed by atoms with E-state index in [-0.39, 0.29) is 18.1 Å². The van der Waals surface area contributed by atoms with Crippen LogP contribution in [-0.4, -0.2) is 27.7 Å². The number of ether oxygens (including phenoxy) is 2. The van der Waals surface area contributed by atoms with E-state index in [0.29, 0.717) is 17.0 Å². The lowest BCUT2D eigenvalue weighted by molar-refractivity contribution is -0.384. The summed E-state index contributed by atoms with van der Waals surface area (Å²) >= 11 is 0. The van der Waals surface area contributed by atoms with Crippen LogP contribution in [0, 0.1) is 17.0 Å². The fraction of sp³-hybridized carbons (Fsp3) is 0.158. The summed E-state index contributed by atoms with van der Waals surface area (Å²) in [4.78, 5) is 22.7. The van der Waals surface area contributed by atoms with Crippen molar-refractivity contribution in [2.75, 3.05) is 12.4 Å². The molecule has 0 spiro atoms. The first-order chi connectivity index (χ1) is 13.5. The van der Waals surface area contributed by atoms with E-state index in [2.05, 4.69) is 10.4 Å². The summed E-state index contributed by atoms with van der Waals surface area (Å²) < 4.78 is 12.2. The fourth-order valence-electron chi connectivity index (χ4n) is 2.46. The van der Waals surface area contributed by atoms with Gasteiger partial charge in [-0.3, -0.25) is 14.9 Å². The second-order valence-electron chi connectivity index (χ2n) is 5.90. The minimum absolute atomic E-state index is 0.0320. The summed E-state index contributed by atoms with van der Waals surface area (Å²) in [6.07, 6.45) is 1.63. The van der Waals surface area contributed by atoms with Crippen LogP contribution in [0.3, 0.4) is 0 Å². The second-order valence-corrected chi connectivity index (χ2v) is 5.90. The number of hydrogen-bond acceptors (Lipinski definition) is 6. The van der Waals surface area contributed by atoms with E-state index in [1.807, 2.05) is 0 Å². The molecule has 3 rings (SSSR count). The van der Waals surface area contributed by atoms with Gasteiger partial charge >= 0.3 is 0 Å². The molecule has 1 heterocycles. The molecule has 1 aromatic heterocycles. The van der Waals surface area contributed by atoms with E-state index < -0.39 is 10.8 Å². The van der Waals surface area contributed by atoms with Crippen LogP contribution in [0.4, 0.5) is 11.4 Å². The highest BCUT2D eigenvalue weighted by Gasteiger charge is 2.13. The third kappa shape index (κ3) is 4.44. The molecule has 1 amide bonds. The third-order valence-corrected chi connectivity index (χ3v) is 3.97. The molecule has 0 radical (unpaired) electrons. The maximum atomic E-state index is 12.4. The monoisotopic (exact) mass is 382 g/mol. The molecule has 3 aromatic rings. The minimum Gasteiger partial charge on any atom is -0.497 e. The van der Waals surface area contributed by atoms with Gasteiger partial charge in [-0.05, 0) is 48.9 Å². The van der Waals surface area contributed by atoms with Crippen LogP contribution in [0.15, 0.2) is 54.7 Å². The molecule has 28 heavy (non-hydrogen) atoms. The first-order valence-electron chi connectivity index (χ1n) is 8.33. The quantitative estimate of drug-likeness (QED) is 0.495. The van der Waals surface area contributed by atoms with Crippen LogP contribution < -0.4 is 14.8 Å². The van der Waals surface area contributed by atoms with Crippen molar-refractivity contribution < 1.29 is 19.2 Å². The Kier molecular flexibility index (Phi) is 5.54. The van der Waals surface area contributed by atoms with E-state index >= 15 is 0 Å². The van der Waals surface area contributed by atoms with Gasteiger partial charge in [0.2, 0.25) is 0 Å². The lowest BCUT2D eigenvalue weighted by Crippen LogP contribution is -2.15. The van der Waals surface area contributed by atoms with Gasteiger partial charge in [0.05, 0.1) is 12.0 Å². The van der Waals surface area contributed by atoms with Gasteiger partial charge in [0.1, 0.15) is 11.5 Å². The molecule has 9 nitrogen and oxygen atoms in total. The van der Waals surface area contributed by atoms with Crippen molar-refractivity contribution in [2.24, 2.45) is 0 Å². The zero-order valence-electron chi connectivity index (χ0n) is 15.3. The Balaban J connectivity index is 1.61. The van der Waals surface area contributed by atoms with Gasteiger partial charge in [-0.1, -0.05) is 0 Å². The van der Waals surface area contributed by atoms with E-state index in [9.17, 15) is 14.9 Å². The van der Waals surface area contributed by atoms with Gasteiger partial charge < -0.3 is 14.8 Å². The first kappa shape index (κ1) is 18.9. The van der Waals surface area contributed by atoms with Crippen molar-refractivity contribution in [3.05, 3.63) is 76.1 Å². The van der Waals surface area contributed by atoms with Crippen LogP contribution in [0.2, 0.25) is 0 Å². The number of carbonyl (C=O) groups excluding carboxylic acids is 1. The summed E-state index contributed by atoms with van der Waals surface area (Å²) in [6.45, 7) is 1.82. The number of nitro benzene ring substituents is 1. The van der Waals surface area contributed by atoms with Crippen LogP contribution in [0.1, 0.15) is 16.1 Å². The standard InChI is InChI=1S/C19H18N4O5/c1-13-11-14(23(25)26)3-8-17(13)20-19(24)18-9-10-22(21-18)12-28-16-6-4-15(27-2)5-7-16/h3-11H,12H2,1-2H3,(H,20,24). The van der Waals surface area contributed by atoms with Gasteiger partial charge in [0.25, 0.3) is 11.6 Å². The van der Waals surface area contributed by atoms with Gasteiger partial charge in [-0.2, -0.15) is 5.10 Å². The zero-order valence-corrected chi connectivity index (χ0v) is 15.3. The summed E-state index contributed by atoms with van der Waals surface area (Å²) in [7, 11) is 1.59. The molecule has 0 saturated carbocycles. The number of aromatic nitrogens is 2. The number of nitro groups is 1. The van der Waals surface area contributed by atoms with E-state index in [1.54, 1.807) is 50.6 Å². The molecule has 0 aliphatic rings. The SMILES string of the molecule is COc1ccc(OCn2ccc(C(=O)Nc3ccc([N+](=O)[O-])cc3C)n2)cc1. The van der Waals surface area contributed by atoms with Crippen molar-refractivity contribution in [1.29, 1.82) is 0 Å². The molecule has 9 heteroatoms. The number of amides is 1. The van der Waals surface area contributed by atoms with Crippen molar-refractivity contribution >= 4 is 17.3 Å². The number of benzene rings is 2. The van der Waals surface area contributed by atoms with Crippen molar-refractivity contribution in [3.8, 4) is 11.5 Å². The molecule has 0 saturated heterocycles. The predicted octanol–water partition coefficient (Wildman–Crippen LogP) is 3.40. The maximum absolute atomic E-state index is 12.4. The van der Waals surface area contributed by atoms with Crippen LogP contribution in [0.25, 0.3) is 0 Å². The number of aryl methyl sites for hydroxylation is 1. The molecule has 1 N–H and O–H groups in total. The van der Waals surface area contributed by atoms with E-state index in [1.165, 1.54) is 22.9 Å². The highest BCUT2D eigenvalue weighted by Crippen LogP contribution is 2.21. The maximum Gasteiger partial charge on any atom is 0.276 e. The fourth-order valence-corrected chi connectivity index (χ4v) is 2.46. The number of non-ortho nitro benzene ring substituents is 1. The number of rotatable bonds is 7. The highest BCUT2D eigenvalue weighted by atomic mass is 16.6. The first-order valence-corrected chi connectivity index (χ1v) is 8.33. The second kappa shape index (κ2) is 8.21.